The van der Waals surface area contributed by atoms with Crippen LogP contribution in [0.5, 0.6) is 0 Å². The topological polar surface area (TPSA) is 82.4 Å². The second kappa shape index (κ2) is 5.82. The summed E-state index contributed by atoms with van der Waals surface area (Å²) in [6.45, 7) is 3.91. The van der Waals surface area contributed by atoms with Crippen LogP contribution < -0.4 is 11.3 Å². The Balaban J connectivity index is 1.82. The van der Waals surface area contributed by atoms with Gasteiger partial charge in [-0.2, -0.15) is 0 Å². The zero-order valence-corrected chi connectivity index (χ0v) is 14.4. The predicted molar refractivity (Wildman–Crippen MR) is 94.1 cm³/mol. The van der Waals surface area contributed by atoms with Crippen molar-refractivity contribution >= 4 is 16.3 Å². The molecule has 0 saturated heterocycles. The van der Waals surface area contributed by atoms with Gasteiger partial charge < -0.3 is 0 Å². The lowest BCUT2D eigenvalue weighted by Crippen LogP contribution is -2.20. The Labute approximate surface area is 145 Å². The van der Waals surface area contributed by atoms with E-state index in [1.807, 2.05) is 43.5 Å². The van der Waals surface area contributed by atoms with Crippen molar-refractivity contribution in [3.8, 4) is 11.4 Å². The molecular formula is C17H14N4O3S. The van der Waals surface area contributed by atoms with Gasteiger partial charge in [0.05, 0.1) is 12.2 Å². The van der Waals surface area contributed by atoms with E-state index in [1.54, 1.807) is 4.40 Å². The molecule has 0 N–H and O–H groups in total. The van der Waals surface area contributed by atoms with Crippen molar-refractivity contribution in [1.29, 1.82) is 0 Å². The molecule has 8 heteroatoms. The fraction of sp³-hybridized carbons (Fsp3) is 0.176. The van der Waals surface area contributed by atoms with E-state index in [-0.39, 0.29) is 12.1 Å². The molecule has 0 unspecified atom stereocenters. The lowest BCUT2D eigenvalue weighted by molar-refractivity contribution is 0.378. The minimum absolute atomic E-state index is 0.120. The van der Waals surface area contributed by atoms with Crippen LogP contribution in [0.3, 0.4) is 0 Å². The van der Waals surface area contributed by atoms with Gasteiger partial charge in [-0.1, -0.05) is 29.4 Å². The average Bonchev–Trinajstić information content (AvgIpc) is 3.12. The fourth-order valence-electron chi connectivity index (χ4n) is 2.77. The number of thiazole rings is 1. The van der Waals surface area contributed by atoms with Gasteiger partial charge in [0.1, 0.15) is 0 Å². The standard InChI is InChI=1S/C17H14N4O3S/c1-10-5-3-4-6-13(10)15-19-24-17(23)20(15)8-12-7-14(22)21-11(2)9-25-16(21)18-12/h3-7,9H,8H2,1-2H3. The van der Waals surface area contributed by atoms with E-state index in [4.69, 9.17) is 4.52 Å². The first-order valence-electron chi connectivity index (χ1n) is 7.64. The largest absolute Gasteiger partial charge is 0.442 e. The summed E-state index contributed by atoms with van der Waals surface area (Å²) < 4.78 is 7.79. The van der Waals surface area contributed by atoms with Crippen LogP contribution in [0.15, 0.2) is 49.8 Å². The van der Waals surface area contributed by atoms with E-state index in [2.05, 4.69) is 10.1 Å². The maximum absolute atomic E-state index is 12.3. The van der Waals surface area contributed by atoms with Crippen molar-refractivity contribution in [2.24, 2.45) is 0 Å². The number of rotatable bonds is 3. The Kier molecular flexibility index (Phi) is 3.61. The van der Waals surface area contributed by atoms with Crippen molar-refractivity contribution in [2.45, 2.75) is 20.4 Å². The van der Waals surface area contributed by atoms with Crippen LogP contribution in [0.4, 0.5) is 0 Å². The number of aryl methyl sites for hydroxylation is 2. The van der Waals surface area contributed by atoms with Gasteiger partial charge in [-0.3, -0.25) is 18.3 Å². The fourth-order valence-corrected chi connectivity index (χ4v) is 3.66. The maximum Gasteiger partial charge on any atom is 0.442 e. The average molecular weight is 354 g/mol. The molecule has 0 bridgehead atoms. The van der Waals surface area contributed by atoms with Crippen molar-refractivity contribution in [2.75, 3.05) is 0 Å². The van der Waals surface area contributed by atoms with Gasteiger partial charge in [-0.25, -0.2) is 9.78 Å². The first-order valence-corrected chi connectivity index (χ1v) is 8.52. The zero-order chi connectivity index (χ0) is 17.6. The van der Waals surface area contributed by atoms with Crippen LogP contribution in [0, 0.1) is 13.8 Å². The normalized spacial score (nSPS) is 11.3. The molecule has 126 valence electrons. The summed E-state index contributed by atoms with van der Waals surface area (Å²) in [5.41, 5.74) is 2.94. The van der Waals surface area contributed by atoms with Crippen LogP contribution in [-0.4, -0.2) is 19.1 Å². The molecule has 0 fully saturated rings. The summed E-state index contributed by atoms with van der Waals surface area (Å²) in [6, 6.07) is 9.03. The van der Waals surface area contributed by atoms with Gasteiger partial charge in [-0.05, 0) is 19.4 Å². The molecular weight excluding hydrogens is 340 g/mol. The second-order valence-electron chi connectivity index (χ2n) is 5.75. The monoisotopic (exact) mass is 354 g/mol. The van der Waals surface area contributed by atoms with Gasteiger partial charge in [-0.15, -0.1) is 11.3 Å². The summed E-state index contributed by atoms with van der Waals surface area (Å²) in [5, 5.41) is 5.77. The molecule has 3 heterocycles. The number of fused-ring (bicyclic) bond motifs is 1. The third kappa shape index (κ3) is 2.60. The van der Waals surface area contributed by atoms with Crippen LogP contribution >= 0.6 is 11.3 Å². The van der Waals surface area contributed by atoms with Crippen LogP contribution in [0.25, 0.3) is 16.3 Å². The zero-order valence-electron chi connectivity index (χ0n) is 13.6. The molecule has 0 radical (unpaired) electrons. The van der Waals surface area contributed by atoms with E-state index < -0.39 is 5.76 Å². The van der Waals surface area contributed by atoms with Gasteiger partial charge in [0, 0.05) is 22.7 Å². The molecule has 0 atom stereocenters. The van der Waals surface area contributed by atoms with Crippen LogP contribution in [0.1, 0.15) is 17.0 Å². The minimum atomic E-state index is -0.581. The highest BCUT2D eigenvalue weighted by Crippen LogP contribution is 2.20. The van der Waals surface area contributed by atoms with E-state index in [1.165, 1.54) is 22.0 Å². The molecule has 3 aromatic heterocycles. The van der Waals surface area contributed by atoms with Gasteiger partial charge in [0.2, 0.25) is 0 Å². The first kappa shape index (κ1) is 15.5. The third-order valence-electron chi connectivity index (χ3n) is 4.02. The predicted octanol–water partition coefficient (Wildman–Crippen LogP) is 2.24. The SMILES string of the molecule is Cc1ccccc1-c1noc(=O)n1Cc1cc(=O)n2c(C)csc2n1. The van der Waals surface area contributed by atoms with E-state index in [0.717, 1.165) is 16.8 Å². The Morgan fingerprint density at radius 3 is 2.80 bits per heavy atom. The van der Waals surface area contributed by atoms with Crippen molar-refractivity contribution in [3.63, 3.8) is 0 Å². The van der Waals surface area contributed by atoms with Gasteiger partial charge in [0.25, 0.3) is 5.56 Å². The summed E-state index contributed by atoms with van der Waals surface area (Å²) in [6.07, 6.45) is 0. The highest BCUT2D eigenvalue weighted by atomic mass is 32.1. The Morgan fingerprint density at radius 1 is 1.20 bits per heavy atom. The van der Waals surface area contributed by atoms with Gasteiger partial charge >= 0.3 is 5.76 Å². The number of nitrogens with zero attached hydrogens (tertiary/aromatic N) is 4. The summed E-state index contributed by atoms with van der Waals surface area (Å²) in [4.78, 5) is 29.5. The number of hydrogen-bond donors (Lipinski definition) is 0. The Morgan fingerprint density at radius 2 is 2.00 bits per heavy atom. The second-order valence-corrected chi connectivity index (χ2v) is 6.59. The number of benzene rings is 1. The highest BCUT2D eigenvalue weighted by Gasteiger charge is 2.16. The molecule has 7 nitrogen and oxygen atoms in total. The number of aromatic nitrogens is 4. The summed E-state index contributed by atoms with van der Waals surface area (Å²) >= 11 is 1.39. The molecule has 4 aromatic rings. The lowest BCUT2D eigenvalue weighted by Gasteiger charge is -2.07. The molecule has 4 rings (SSSR count). The molecule has 0 aliphatic carbocycles. The van der Waals surface area contributed by atoms with Crippen molar-refractivity contribution < 1.29 is 4.52 Å². The quantitative estimate of drug-likeness (QED) is 0.563. The minimum Gasteiger partial charge on any atom is -0.295 e. The van der Waals surface area contributed by atoms with Gasteiger partial charge in [0.15, 0.2) is 10.8 Å². The molecule has 1 aromatic carbocycles. The molecule has 0 spiro atoms. The summed E-state index contributed by atoms with van der Waals surface area (Å²) in [5.74, 6) is -0.157. The smallest absolute Gasteiger partial charge is 0.295 e. The molecule has 25 heavy (non-hydrogen) atoms. The number of hydrogen-bond acceptors (Lipinski definition) is 6. The molecule has 0 amide bonds. The maximum atomic E-state index is 12.3. The van der Waals surface area contributed by atoms with Crippen LogP contribution in [-0.2, 0) is 6.54 Å². The van der Waals surface area contributed by atoms with E-state index >= 15 is 0 Å². The van der Waals surface area contributed by atoms with Crippen molar-refractivity contribution in [1.82, 2.24) is 19.1 Å². The highest BCUT2D eigenvalue weighted by molar-refractivity contribution is 7.15. The first-order chi connectivity index (χ1) is 12.0. The molecule has 0 saturated carbocycles. The Hall–Kier alpha value is -3.00. The van der Waals surface area contributed by atoms with Crippen molar-refractivity contribution in [3.05, 3.63) is 73.6 Å². The molecule has 0 aliphatic heterocycles. The van der Waals surface area contributed by atoms with E-state index in [9.17, 15) is 9.59 Å². The Bertz CT molecular complexity index is 1200. The molecule has 0 aliphatic rings. The van der Waals surface area contributed by atoms with Crippen LogP contribution in [0.2, 0.25) is 0 Å². The third-order valence-corrected chi connectivity index (χ3v) is 4.96. The lowest BCUT2D eigenvalue weighted by atomic mass is 10.1. The summed E-state index contributed by atoms with van der Waals surface area (Å²) in [7, 11) is 0. The van der Waals surface area contributed by atoms with E-state index in [0.29, 0.717) is 16.5 Å².